The van der Waals surface area contributed by atoms with Crippen LogP contribution < -0.4 is 0 Å². The molecule has 2 heterocycles. The van der Waals surface area contributed by atoms with Gasteiger partial charge in [0.25, 0.3) is 0 Å². The molecule has 0 spiro atoms. The van der Waals surface area contributed by atoms with E-state index in [1.165, 1.54) is 85.5 Å². The molecule has 2 aromatic rings. The van der Waals surface area contributed by atoms with Crippen LogP contribution in [0.1, 0.15) is 47.9 Å². The molecule has 1 aliphatic carbocycles. The minimum Gasteiger partial charge on any atom is -0.358 e. The quantitative estimate of drug-likeness (QED) is 0.560. The van der Waals surface area contributed by atoms with Gasteiger partial charge in [0.2, 0.25) is 0 Å². The number of rotatable bonds is 4. The number of hydrogen-bond donors (Lipinski definition) is 0. The van der Waals surface area contributed by atoms with Gasteiger partial charge in [-0.05, 0) is 77.6 Å². The van der Waals surface area contributed by atoms with Crippen LogP contribution >= 0.6 is 0 Å². The highest BCUT2D eigenvalue weighted by atomic mass is 15.3. The van der Waals surface area contributed by atoms with Gasteiger partial charge < -0.3 is 9.80 Å². The van der Waals surface area contributed by atoms with E-state index < -0.39 is 0 Å². The largest absolute Gasteiger partial charge is 0.358 e. The van der Waals surface area contributed by atoms with Crippen LogP contribution in [0, 0.1) is 22.7 Å². The van der Waals surface area contributed by atoms with Crippen molar-refractivity contribution in [2.24, 2.45) is 0 Å². The third-order valence-electron chi connectivity index (χ3n) is 6.64. The van der Waals surface area contributed by atoms with E-state index >= 15 is 0 Å². The Labute approximate surface area is 184 Å². The molecule has 2 saturated heterocycles. The number of nitriles is 2. The van der Waals surface area contributed by atoms with Gasteiger partial charge >= 0.3 is 0 Å². The Hall–Kier alpha value is -3.50. The van der Waals surface area contributed by atoms with Crippen LogP contribution in [0.4, 0.5) is 0 Å². The maximum Gasteiger partial charge on any atom is 0.130 e. The zero-order valence-electron chi connectivity index (χ0n) is 17.8. The number of nitrogens with zero attached hydrogens (tertiary/aromatic N) is 4. The van der Waals surface area contributed by atoms with E-state index in [9.17, 15) is 0 Å². The SMILES string of the molecule is N#CC(C#N)=Cc1ccc2c(c1)Cc1cc(C=C(N3CCCC3)N3CCCC3)ccc1-2. The number of fused-ring (bicyclic) bond motifs is 3. The number of benzene rings is 2. The van der Waals surface area contributed by atoms with Crippen LogP contribution in [-0.2, 0) is 6.42 Å². The topological polar surface area (TPSA) is 54.1 Å². The van der Waals surface area contributed by atoms with E-state index in [-0.39, 0.29) is 5.57 Å². The molecular weight excluding hydrogens is 380 g/mol. The van der Waals surface area contributed by atoms with Gasteiger partial charge in [0, 0.05) is 26.2 Å². The van der Waals surface area contributed by atoms with Crippen LogP contribution in [0.15, 0.2) is 47.8 Å². The van der Waals surface area contributed by atoms with Gasteiger partial charge in [0.05, 0.1) is 0 Å². The Morgan fingerprint density at radius 1 is 0.710 bits per heavy atom. The van der Waals surface area contributed by atoms with Crippen molar-refractivity contribution in [2.75, 3.05) is 26.2 Å². The van der Waals surface area contributed by atoms with E-state index in [4.69, 9.17) is 10.5 Å². The monoisotopic (exact) mass is 406 g/mol. The van der Waals surface area contributed by atoms with Crippen LogP contribution in [0.2, 0.25) is 0 Å². The van der Waals surface area contributed by atoms with Crippen molar-refractivity contribution < 1.29 is 0 Å². The first-order valence-electron chi connectivity index (χ1n) is 11.2. The highest BCUT2D eigenvalue weighted by Gasteiger charge is 2.23. The van der Waals surface area contributed by atoms with Crippen molar-refractivity contribution >= 4 is 12.2 Å². The van der Waals surface area contributed by atoms with Crippen molar-refractivity contribution in [3.8, 4) is 23.3 Å². The fourth-order valence-electron chi connectivity index (χ4n) is 5.11. The number of hydrogen-bond acceptors (Lipinski definition) is 4. The average Bonchev–Trinajstić information content (AvgIpc) is 3.56. The molecule has 0 amide bonds. The summed E-state index contributed by atoms with van der Waals surface area (Å²) in [6.07, 6.45) is 10.1. The minimum absolute atomic E-state index is 0.138. The molecule has 0 N–H and O–H groups in total. The van der Waals surface area contributed by atoms with Crippen LogP contribution in [0.5, 0.6) is 0 Å². The van der Waals surface area contributed by atoms with Crippen LogP contribution in [0.3, 0.4) is 0 Å². The zero-order chi connectivity index (χ0) is 21.2. The Kier molecular flexibility index (Phi) is 5.23. The summed E-state index contributed by atoms with van der Waals surface area (Å²) < 4.78 is 0. The molecule has 5 rings (SSSR count). The highest BCUT2D eigenvalue weighted by molar-refractivity contribution is 5.80. The van der Waals surface area contributed by atoms with Gasteiger partial charge in [0.1, 0.15) is 23.5 Å². The summed E-state index contributed by atoms with van der Waals surface area (Å²) in [6, 6.07) is 17.0. The fraction of sp³-hybridized carbons (Fsp3) is 0.333. The smallest absolute Gasteiger partial charge is 0.130 e. The zero-order valence-corrected chi connectivity index (χ0v) is 17.8. The third kappa shape index (κ3) is 3.82. The van der Waals surface area contributed by atoms with E-state index in [0.717, 1.165) is 12.0 Å². The molecule has 2 aromatic carbocycles. The van der Waals surface area contributed by atoms with Crippen molar-refractivity contribution in [1.29, 1.82) is 10.5 Å². The van der Waals surface area contributed by atoms with Crippen molar-refractivity contribution in [2.45, 2.75) is 32.1 Å². The van der Waals surface area contributed by atoms with E-state index in [1.807, 2.05) is 18.2 Å². The molecule has 4 heteroatoms. The maximum atomic E-state index is 9.03. The molecule has 0 atom stereocenters. The Morgan fingerprint density at radius 2 is 1.19 bits per heavy atom. The summed E-state index contributed by atoms with van der Waals surface area (Å²) in [5.74, 6) is 1.40. The van der Waals surface area contributed by atoms with Gasteiger partial charge in [0.15, 0.2) is 0 Å². The molecule has 0 unspecified atom stereocenters. The van der Waals surface area contributed by atoms with Crippen molar-refractivity contribution in [1.82, 2.24) is 9.80 Å². The molecule has 0 bridgehead atoms. The maximum absolute atomic E-state index is 9.03. The summed E-state index contributed by atoms with van der Waals surface area (Å²) >= 11 is 0. The molecule has 154 valence electrons. The van der Waals surface area contributed by atoms with E-state index in [1.54, 1.807) is 6.08 Å². The fourth-order valence-corrected chi connectivity index (χ4v) is 5.11. The minimum atomic E-state index is 0.138. The molecule has 0 aromatic heterocycles. The first kappa shape index (κ1) is 19.5. The molecule has 2 fully saturated rings. The van der Waals surface area contributed by atoms with Crippen LogP contribution in [0.25, 0.3) is 23.3 Å². The lowest BCUT2D eigenvalue weighted by molar-refractivity contribution is 0.274. The van der Waals surface area contributed by atoms with Crippen LogP contribution in [-0.4, -0.2) is 36.0 Å². The Morgan fingerprint density at radius 3 is 1.68 bits per heavy atom. The van der Waals surface area contributed by atoms with Gasteiger partial charge in [-0.2, -0.15) is 10.5 Å². The number of likely N-dealkylation sites (tertiary alicyclic amines) is 2. The first-order valence-corrected chi connectivity index (χ1v) is 11.2. The van der Waals surface area contributed by atoms with Gasteiger partial charge in [-0.1, -0.05) is 36.4 Å². The lowest BCUT2D eigenvalue weighted by Crippen LogP contribution is -2.31. The molecular formula is C27H26N4. The second kappa shape index (κ2) is 8.32. The Balaban J connectivity index is 1.45. The van der Waals surface area contributed by atoms with Crippen molar-refractivity contribution in [3.05, 3.63) is 70.0 Å². The second-order valence-electron chi connectivity index (χ2n) is 8.68. The van der Waals surface area contributed by atoms with Gasteiger partial charge in [-0.3, -0.25) is 0 Å². The molecule has 0 radical (unpaired) electrons. The molecule has 31 heavy (non-hydrogen) atoms. The summed E-state index contributed by atoms with van der Waals surface area (Å²) in [4.78, 5) is 5.13. The summed E-state index contributed by atoms with van der Waals surface area (Å²) in [7, 11) is 0. The summed E-state index contributed by atoms with van der Waals surface area (Å²) in [6.45, 7) is 4.68. The number of allylic oxidation sites excluding steroid dienone is 1. The van der Waals surface area contributed by atoms with Gasteiger partial charge in [-0.25, -0.2) is 0 Å². The predicted octanol–water partition coefficient (Wildman–Crippen LogP) is 5.18. The molecule has 4 nitrogen and oxygen atoms in total. The average molecular weight is 407 g/mol. The summed E-state index contributed by atoms with van der Waals surface area (Å²) in [5.41, 5.74) is 7.50. The highest BCUT2D eigenvalue weighted by Crippen LogP contribution is 2.38. The van der Waals surface area contributed by atoms with Gasteiger partial charge in [-0.15, -0.1) is 0 Å². The molecule has 3 aliphatic rings. The lowest BCUT2D eigenvalue weighted by atomic mass is 10.0. The van der Waals surface area contributed by atoms with E-state index in [2.05, 4.69) is 46.2 Å². The lowest BCUT2D eigenvalue weighted by Gasteiger charge is -2.30. The Bertz CT molecular complexity index is 1110. The molecule has 2 aliphatic heterocycles. The standard InChI is InChI=1S/C27H26N4/c28-18-22(19-29)13-20-5-7-25-23(14-20)17-24-15-21(6-8-26(24)25)16-27(30-9-1-2-10-30)31-11-3-4-12-31/h5-8,13-16H,1-4,9-12,17H2. The van der Waals surface area contributed by atoms with Crippen molar-refractivity contribution in [3.63, 3.8) is 0 Å². The molecule has 0 saturated carbocycles. The first-order chi connectivity index (χ1) is 15.2. The normalized spacial score (nSPS) is 16.3. The second-order valence-corrected chi connectivity index (χ2v) is 8.68. The summed E-state index contributed by atoms with van der Waals surface area (Å²) in [5, 5.41) is 18.1. The predicted molar refractivity (Wildman–Crippen MR) is 123 cm³/mol. The third-order valence-corrected chi connectivity index (χ3v) is 6.64. The van der Waals surface area contributed by atoms with E-state index in [0.29, 0.717) is 0 Å².